The third kappa shape index (κ3) is 4.34. The average molecular weight is 270 g/mol. The molecule has 19 heavy (non-hydrogen) atoms. The Bertz CT molecular complexity index is 561. The number of aryl methyl sites for hydroxylation is 1. The number of primary amides is 1. The summed E-state index contributed by atoms with van der Waals surface area (Å²) >= 11 is 0. The van der Waals surface area contributed by atoms with Gasteiger partial charge in [0.25, 0.3) is 5.56 Å². The molecular formula is C11H18N4O4. The summed E-state index contributed by atoms with van der Waals surface area (Å²) in [6, 6.07) is 0. The second-order valence-corrected chi connectivity index (χ2v) is 4.11. The van der Waals surface area contributed by atoms with E-state index in [0.29, 0.717) is 25.3 Å². The molecule has 0 aliphatic heterocycles. The molecule has 0 aromatic carbocycles. The monoisotopic (exact) mass is 270 g/mol. The molecule has 0 saturated carbocycles. The summed E-state index contributed by atoms with van der Waals surface area (Å²) in [5.41, 5.74) is 4.70. The fourth-order valence-corrected chi connectivity index (χ4v) is 1.54. The van der Waals surface area contributed by atoms with Crippen LogP contribution in [-0.4, -0.2) is 34.8 Å². The predicted octanol–water partition coefficient (Wildman–Crippen LogP) is -2.32. The Balaban J connectivity index is 2.49. The van der Waals surface area contributed by atoms with Crippen LogP contribution >= 0.6 is 0 Å². The van der Waals surface area contributed by atoms with Crippen LogP contribution in [0.2, 0.25) is 0 Å². The number of rotatable bonds is 7. The van der Waals surface area contributed by atoms with E-state index in [4.69, 9.17) is 10.5 Å². The first-order valence-electron chi connectivity index (χ1n) is 5.75. The first-order chi connectivity index (χ1) is 8.93. The third-order valence-electron chi connectivity index (χ3n) is 2.50. The molecule has 0 radical (unpaired) electrons. The summed E-state index contributed by atoms with van der Waals surface area (Å²) in [7, 11) is 3.02. The molecule has 1 rings (SSSR count). The van der Waals surface area contributed by atoms with Crippen molar-refractivity contribution in [1.29, 1.82) is 0 Å². The van der Waals surface area contributed by atoms with Crippen LogP contribution in [0.15, 0.2) is 15.8 Å². The van der Waals surface area contributed by atoms with Gasteiger partial charge in [-0.25, -0.2) is 4.79 Å². The summed E-state index contributed by atoms with van der Waals surface area (Å²) in [4.78, 5) is 33.6. The molecule has 1 aromatic heterocycles. The quantitative estimate of drug-likeness (QED) is 0.540. The number of nitrogens with one attached hydrogen (secondary N) is 1. The minimum absolute atomic E-state index is 0.122. The van der Waals surface area contributed by atoms with E-state index in [9.17, 15) is 14.4 Å². The van der Waals surface area contributed by atoms with E-state index in [2.05, 4.69) is 5.32 Å². The van der Waals surface area contributed by atoms with Gasteiger partial charge in [0.2, 0.25) is 5.91 Å². The first-order valence-corrected chi connectivity index (χ1v) is 5.75. The van der Waals surface area contributed by atoms with Crippen molar-refractivity contribution in [3.63, 3.8) is 0 Å². The lowest BCUT2D eigenvalue weighted by Gasteiger charge is -2.08. The van der Waals surface area contributed by atoms with Crippen LogP contribution in [0.4, 0.5) is 0 Å². The van der Waals surface area contributed by atoms with Crippen molar-refractivity contribution in [3.8, 4) is 0 Å². The third-order valence-corrected chi connectivity index (χ3v) is 2.50. The van der Waals surface area contributed by atoms with Gasteiger partial charge in [0.1, 0.15) is 6.61 Å². The molecule has 0 unspecified atom stereocenters. The summed E-state index contributed by atoms with van der Waals surface area (Å²) in [6.45, 7) is 0.984. The minimum Gasteiger partial charge on any atom is -0.370 e. The Morgan fingerprint density at radius 3 is 2.74 bits per heavy atom. The van der Waals surface area contributed by atoms with Gasteiger partial charge < -0.3 is 20.4 Å². The van der Waals surface area contributed by atoms with Crippen LogP contribution in [0, 0.1) is 0 Å². The predicted molar refractivity (Wildman–Crippen MR) is 68.6 cm³/mol. The highest BCUT2D eigenvalue weighted by molar-refractivity contribution is 5.74. The number of nitrogens with two attached hydrogens (primary N) is 1. The molecule has 0 aliphatic carbocycles. The van der Waals surface area contributed by atoms with Gasteiger partial charge in [0.15, 0.2) is 0 Å². The maximum Gasteiger partial charge on any atom is 0.330 e. The molecule has 0 spiro atoms. The zero-order valence-corrected chi connectivity index (χ0v) is 11.0. The lowest BCUT2D eigenvalue weighted by molar-refractivity contribution is -0.122. The Kier molecular flexibility index (Phi) is 5.46. The molecular weight excluding hydrogens is 252 g/mol. The van der Waals surface area contributed by atoms with E-state index in [1.807, 2.05) is 0 Å². The van der Waals surface area contributed by atoms with Gasteiger partial charge in [0.05, 0.1) is 6.61 Å². The molecule has 0 atom stereocenters. The maximum atomic E-state index is 11.8. The minimum atomic E-state index is -0.521. The molecule has 1 aromatic rings. The van der Waals surface area contributed by atoms with Crippen LogP contribution in [0.3, 0.4) is 0 Å². The van der Waals surface area contributed by atoms with Crippen LogP contribution in [0.5, 0.6) is 0 Å². The van der Waals surface area contributed by atoms with Crippen molar-refractivity contribution in [1.82, 2.24) is 14.5 Å². The summed E-state index contributed by atoms with van der Waals surface area (Å²) in [5, 5.41) is 2.98. The number of nitrogens with zero attached hydrogens (tertiary/aromatic N) is 2. The molecule has 1 heterocycles. The van der Waals surface area contributed by atoms with E-state index < -0.39 is 5.91 Å². The Labute approximate surface area is 109 Å². The van der Waals surface area contributed by atoms with Crippen LogP contribution in [0.1, 0.15) is 5.56 Å². The normalized spacial score (nSPS) is 10.6. The van der Waals surface area contributed by atoms with Gasteiger partial charge >= 0.3 is 5.69 Å². The number of ether oxygens (including phenoxy) is 1. The Hall–Kier alpha value is -1.93. The van der Waals surface area contributed by atoms with Crippen molar-refractivity contribution in [2.45, 2.75) is 6.54 Å². The fraction of sp³-hybridized carbons (Fsp3) is 0.545. The number of amides is 1. The summed E-state index contributed by atoms with van der Waals surface area (Å²) < 4.78 is 7.36. The number of hydrogen-bond acceptors (Lipinski definition) is 5. The van der Waals surface area contributed by atoms with Crippen molar-refractivity contribution in [2.24, 2.45) is 19.8 Å². The maximum absolute atomic E-state index is 11.8. The number of carbonyl (C=O) groups excluding carboxylic acids is 1. The molecule has 106 valence electrons. The smallest absolute Gasteiger partial charge is 0.330 e. The second kappa shape index (κ2) is 6.86. The molecule has 1 amide bonds. The number of aromatic nitrogens is 2. The standard InChI is InChI=1S/C11H18N4O4/c1-14-6-8(10(17)15(2)11(14)18)5-13-3-4-19-7-9(12)16/h6,13H,3-5,7H2,1-2H3,(H2,12,16). The molecule has 8 nitrogen and oxygen atoms in total. The second-order valence-electron chi connectivity index (χ2n) is 4.11. The topological polar surface area (TPSA) is 108 Å². The molecule has 0 fully saturated rings. The molecule has 0 bridgehead atoms. The van der Waals surface area contributed by atoms with Crippen LogP contribution in [-0.2, 0) is 30.2 Å². The Morgan fingerprint density at radius 1 is 1.42 bits per heavy atom. The van der Waals surface area contributed by atoms with Gasteiger partial charge in [0, 0.05) is 38.9 Å². The largest absolute Gasteiger partial charge is 0.370 e. The van der Waals surface area contributed by atoms with Gasteiger partial charge in [-0.3, -0.25) is 14.2 Å². The van der Waals surface area contributed by atoms with E-state index in [1.54, 1.807) is 7.05 Å². The van der Waals surface area contributed by atoms with Crippen molar-refractivity contribution in [3.05, 3.63) is 32.6 Å². The van der Waals surface area contributed by atoms with Gasteiger partial charge in [-0.05, 0) is 0 Å². The number of carbonyl (C=O) groups is 1. The SMILES string of the molecule is Cn1cc(CNCCOCC(N)=O)c(=O)n(C)c1=O. The van der Waals surface area contributed by atoms with E-state index in [-0.39, 0.29) is 17.9 Å². The van der Waals surface area contributed by atoms with E-state index >= 15 is 0 Å². The van der Waals surface area contributed by atoms with E-state index in [1.165, 1.54) is 17.8 Å². The highest BCUT2D eigenvalue weighted by Gasteiger charge is 2.05. The first kappa shape index (κ1) is 15.1. The van der Waals surface area contributed by atoms with Gasteiger partial charge in [-0.1, -0.05) is 0 Å². The summed E-state index contributed by atoms with van der Waals surface area (Å²) in [6.07, 6.45) is 1.50. The van der Waals surface area contributed by atoms with Gasteiger partial charge in [-0.2, -0.15) is 0 Å². The van der Waals surface area contributed by atoms with Crippen LogP contribution < -0.4 is 22.3 Å². The Morgan fingerprint density at radius 2 is 2.11 bits per heavy atom. The summed E-state index contributed by atoms with van der Waals surface area (Å²) in [5.74, 6) is -0.521. The zero-order valence-electron chi connectivity index (χ0n) is 11.0. The highest BCUT2D eigenvalue weighted by Crippen LogP contribution is 1.86. The lowest BCUT2D eigenvalue weighted by Crippen LogP contribution is -2.39. The van der Waals surface area contributed by atoms with Gasteiger partial charge in [-0.15, -0.1) is 0 Å². The molecule has 8 heteroatoms. The zero-order chi connectivity index (χ0) is 14.4. The molecule has 0 aliphatic rings. The lowest BCUT2D eigenvalue weighted by atomic mass is 10.3. The number of hydrogen-bond donors (Lipinski definition) is 2. The average Bonchev–Trinajstić information content (AvgIpc) is 2.36. The van der Waals surface area contributed by atoms with Crippen molar-refractivity contribution in [2.75, 3.05) is 19.8 Å². The highest BCUT2D eigenvalue weighted by atomic mass is 16.5. The molecule has 3 N–H and O–H groups in total. The molecule has 0 saturated heterocycles. The van der Waals surface area contributed by atoms with Crippen LogP contribution in [0.25, 0.3) is 0 Å². The fourth-order valence-electron chi connectivity index (χ4n) is 1.54. The van der Waals surface area contributed by atoms with Crippen molar-refractivity contribution < 1.29 is 9.53 Å². The van der Waals surface area contributed by atoms with E-state index in [0.717, 1.165) is 4.57 Å². The van der Waals surface area contributed by atoms with Crippen molar-refractivity contribution >= 4 is 5.91 Å².